The smallest absolute Gasteiger partial charge is 0.270 e. The third-order valence-corrected chi connectivity index (χ3v) is 5.76. The van der Waals surface area contributed by atoms with Gasteiger partial charge in [0.1, 0.15) is 11.5 Å². The van der Waals surface area contributed by atoms with Crippen molar-refractivity contribution in [2.75, 3.05) is 33.0 Å². The second kappa shape index (κ2) is 7.08. The van der Waals surface area contributed by atoms with E-state index < -0.39 is 0 Å². The molecule has 1 fully saturated rings. The van der Waals surface area contributed by atoms with Gasteiger partial charge in [-0.1, -0.05) is 12.1 Å². The number of benzene rings is 2. The van der Waals surface area contributed by atoms with Crippen molar-refractivity contribution in [1.29, 1.82) is 0 Å². The van der Waals surface area contributed by atoms with Gasteiger partial charge in [-0.15, -0.1) is 0 Å². The van der Waals surface area contributed by atoms with Crippen molar-refractivity contribution >= 4 is 16.8 Å². The Labute approximate surface area is 168 Å². The Bertz CT molecular complexity index is 1090. The molecule has 7 heteroatoms. The quantitative estimate of drug-likeness (QED) is 0.684. The molecule has 29 heavy (non-hydrogen) atoms. The van der Waals surface area contributed by atoms with Crippen LogP contribution in [0, 0.1) is 5.82 Å². The molecule has 1 aromatic heterocycles. The number of carbonyl (C=O) groups excluding carboxylic acids is 1. The molecule has 3 heterocycles. The number of halogens is 1. The van der Waals surface area contributed by atoms with E-state index in [1.807, 2.05) is 30.1 Å². The van der Waals surface area contributed by atoms with Crippen LogP contribution >= 0.6 is 0 Å². The molecule has 2 aliphatic heterocycles. The average Bonchev–Trinajstić information content (AvgIpc) is 3.33. The molecule has 1 amide bonds. The normalized spacial score (nSPS) is 16.6. The number of nitrogens with zero attached hydrogens (tertiary/aromatic N) is 3. The third kappa shape index (κ3) is 3.21. The Morgan fingerprint density at radius 2 is 1.83 bits per heavy atom. The van der Waals surface area contributed by atoms with Crippen LogP contribution in [0.1, 0.15) is 16.1 Å². The zero-order valence-corrected chi connectivity index (χ0v) is 16.2. The highest BCUT2D eigenvalue weighted by Crippen LogP contribution is 2.33. The molecule has 3 aromatic rings. The highest BCUT2D eigenvalue weighted by molar-refractivity contribution is 5.99. The molecule has 0 bridgehead atoms. The van der Waals surface area contributed by atoms with Crippen LogP contribution in [-0.4, -0.2) is 53.2 Å². The summed E-state index contributed by atoms with van der Waals surface area (Å²) in [5.74, 6) is 1.23. The molecule has 150 valence electrons. The largest absolute Gasteiger partial charge is 0.454 e. The van der Waals surface area contributed by atoms with Gasteiger partial charge >= 0.3 is 0 Å². The Morgan fingerprint density at radius 1 is 1.03 bits per heavy atom. The Hall–Kier alpha value is -3.06. The van der Waals surface area contributed by atoms with Gasteiger partial charge in [0.2, 0.25) is 6.79 Å². The Balaban J connectivity index is 1.25. The Kier molecular flexibility index (Phi) is 4.39. The first-order valence-corrected chi connectivity index (χ1v) is 9.74. The summed E-state index contributed by atoms with van der Waals surface area (Å²) in [5.41, 5.74) is 2.42. The molecule has 5 rings (SSSR count). The lowest BCUT2D eigenvalue weighted by Crippen LogP contribution is -2.48. The number of hydrogen-bond donors (Lipinski definition) is 0. The molecule has 0 radical (unpaired) electrons. The summed E-state index contributed by atoms with van der Waals surface area (Å²) in [7, 11) is 1.81. The van der Waals surface area contributed by atoms with Crippen molar-refractivity contribution in [2.45, 2.75) is 6.54 Å². The molecule has 0 unspecified atom stereocenters. The van der Waals surface area contributed by atoms with Crippen molar-refractivity contribution in [3.63, 3.8) is 0 Å². The number of aryl methyl sites for hydroxylation is 1. The fourth-order valence-corrected chi connectivity index (χ4v) is 4.10. The lowest BCUT2D eigenvalue weighted by atomic mass is 10.1. The van der Waals surface area contributed by atoms with E-state index in [9.17, 15) is 9.18 Å². The monoisotopic (exact) mass is 395 g/mol. The number of aromatic nitrogens is 1. The maximum Gasteiger partial charge on any atom is 0.270 e. The van der Waals surface area contributed by atoms with Gasteiger partial charge in [-0.3, -0.25) is 9.69 Å². The minimum Gasteiger partial charge on any atom is -0.454 e. The van der Waals surface area contributed by atoms with Gasteiger partial charge in [-0.25, -0.2) is 4.39 Å². The minimum absolute atomic E-state index is 0.0502. The summed E-state index contributed by atoms with van der Waals surface area (Å²) in [5, 5.41) is 0.486. The number of hydrogen-bond acceptors (Lipinski definition) is 4. The topological polar surface area (TPSA) is 46.9 Å². The molecule has 0 aliphatic carbocycles. The van der Waals surface area contributed by atoms with Crippen molar-refractivity contribution in [1.82, 2.24) is 14.4 Å². The lowest BCUT2D eigenvalue weighted by Gasteiger charge is -2.34. The first-order valence-electron chi connectivity index (χ1n) is 9.74. The zero-order valence-electron chi connectivity index (χ0n) is 16.2. The predicted molar refractivity (Wildman–Crippen MR) is 107 cm³/mol. The van der Waals surface area contributed by atoms with E-state index in [2.05, 4.69) is 11.0 Å². The van der Waals surface area contributed by atoms with Crippen LogP contribution in [0.4, 0.5) is 4.39 Å². The van der Waals surface area contributed by atoms with Gasteiger partial charge in [0.05, 0.1) is 5.52 Å². The standard InChI is InChI=1S/C22H22FN3O3/c1-24-18-4-2-3-17(23)16(18)12-19(24)22(27)26-9-7-25(8-10-26)13-15-5-6-20-21(11-15)29-14-28-20/h2-6,11-12H,7-10,13-14H2,1H3. The predicted octanol–water partition coefficient (Wildman–Crippen LogP) is 3.00. The first-order chi connectivity index (χ1) is 14.1. The van der Waals surface area contributed by atoms with Crippen LogP contribution in [0.5, 0.6) is 11.5 Å². The number of fused-ring (bicyclic) bond motifs is 2. The number of rotatable bonds is 3. The van der Waals surface area contributed by atoms with Crippen molar-refractivity contribution < 1.29 is 18.7 Å². The summed E-state index contributed by atoms with van der Waals surface area (Å²) in [4.78, 5) is 17.2. The van der Waals surface area contributed by atoms with Gasteiger partial charge < -0.3 is 18.9 Å². The first kappa shape index (κ1) is 18.0. The van der Waals surface area contributed by atoms with Crippen LogP contribution in [-0.2, 0) is 13.6 Å². The molecule has 2 aromatic carbocycles. The Morgan fingerprint density at radius 3 is 2.62 bits per heavy atom. The molecule has 6 nitrogen and oxygen atoms in total. The van der Waals surface area contributed by atoms with Gasteiger partial charge in [0.25, 0.3) is 5.91 Å². The van der Waals surface area contributed by atoms with E-state index in [1.165, 1.54) is 6.07 Å². The second-order valence-electron chi connectivity index (χ2n) is 7.52. The van der Waals surface area contributed by atoms with Gasteiger partial charge in [-0.2, -0.15) is 0 Å². The molecule has 0 saturated carbocycles. The van der Waals surface area contributed by atoms with Crippen LogP contribution in [0.3, 0.4) is 0 Å². The maximum atomic E-state index is 14.1. The molecule has 0 spiro atoms. The van der Waals surface area contributed by atoms with Crippen LogP contribution in [0.25, 0.3) is 10.9 Å². The van der Waals surface area contributed by atoms with Crippen LogP contribution < -0.4 is 9.47 Å². The number of carbonyl (C=O) groups is 1. The van der Waals surface area contributed by atoms with Gasteiger partial charge in [-0.05, 0) is 35.9 Å². The third-order valence-electron chi connectivity index (χ3n) is 5.76. The zero-order chi connectivity index (χ0) is 20.0. The summed E-state index contributed by atoms with van der Waals surface area (Å²) in [6.07, 6.45) is 0. The minimum atomic E-state index is -0.300. The van der Waals surface area contributed by atoms with Crippen molar-refractivity contribution in [2.24, 2.45) is 7.05 Å². The molecule has 1 saturated heterocycles. The van der Waals surface area contributed by atoms with Gasteiger partial charge in [0, 0.05) is 45.2 Å². The SMILES string of the molecule is Cn1c(C(=O)N2CCN(Cc3ccc4c(c3)OCO4)CC2)cc2c(F)cccc21. The molecule has 0 N–H and O–H groups in total. The van der Waals surface area contributed by atoms with E-state index in [1.54, 1.807) is 16.7 Å². The van der Waals surface area contributed by atoms with E-state index in [-0.39, 0.29) is 18.5 Å². The molecule has 2 aliphatic rings. The van der Waals surface area contributed by atoms with Crippen molar-refractivity contribution in [3.05, 3.63) is 59.5 Å². The maximum absolute atomic E-state index is 14.1. The van der Waals surface area contributed by atoms with Crippen LogP contribution in [0.2, 0.25) is 0 Å². The van der Waals surface area contributed by atoms with E-state index in [0.29, 0.717) is 24.2 Å². The number of piperazine rings is 1. The molecular weight excluding hydrogens is 373 g/mol. The summed E-state index contributed by atoms with van der Waals surface area (Å²) in [6, 6.07) is 12.6. The fourth-order valence-electron chi connectivity index (χ4n) is 4.10. The van der Waals surface area contributed by atoms with Crippen molar-refractivity contribution in [3.8, 4) is 11.5 Å². The number of amides is 1. The molecule has 0 atom stereocenters. The highest BCUT2D eigenvalue weighted by Gasteiger charge is 2.25. The van der Waals surface area contributed by atoms with E-state index in [4.69, 9.17) is 9.47 Å². The fraction of sp³-hybridized carbons (Fsp3) is 0.318. The van der Waals surface area contributed by atoms with Crippen LogP contribution in [0.15, 0.2) is 42.5 Å². The second-order valence-corrected chi connectivity index (χ2v) is 7.52. The highest BCUT2D eigenvalue weighted by atomic mass is 19.1. The molecular formula is C22H22FN3O3. The van der Waals surface area contributed by atoms with Gasteiger partial charge in [0.15, 0.2) is 11.5 Å². The summed E-state index contributed by atoms with van der Waals surface area (Å²) < 4.78 is 26.6. The summed E-state index contributed by atoms with van der Waals surface area (Å²) in [6.45, 7) is 3.95. The number of ether oxygens (including phenoxy) is 2. The summed E-state index contributed by atoms with van der Waals surface area (Å²) >= 11 is 0. The van der Waals surface area contributed by atoms with E-state index >= 15 is 0 Å². The average molecular weight is 395 g/mol. The van der Waals surface area contributed by atoms with E-state index in [0.717, 1.165) is 42.2 Å². The lowest BCUT2D eigenvalue weighted by molar-refractivity contribution is 0.0619.